The number of hydrogen-bond donors (Lipinski definition) is 0. The number of hydrogen-bond acceptors (Lipinski definition) is 6. The fourth-order valence-corrected chi connectivity index (χ4v) is 4.78. The van der Waals surface area contributed by atoms with Crippen LogP contribution in [0, 0.1) is 0 Å². The van der Waals surface area contributed by atoms with Gasteiger partial charge in [0.15, 0.2) is 5.82 Å². The Morgan fingerprint density at radius 1 is 0.871 bits per heavy atom. The summed E-state index contributed by atoms with van der Waals surface area (Å²) in [7, 11) is 0. The fourth-order valence-electron chi connectivity index (χ4n) is 4.78. The van der Waals surface area contributed by atoms with Gasteiger partial charge in [-0.05, 0) is 45.0 Å². The maximum absolute atomic E-state index is 5.69. The summed E-state index contributed by atoms with van der Waals surface area (Å²) in [5.74, 6) is 1.43. The molecule has 0 radical (unpaired) electrons. The van der Waals surface area contributed by atoms with Crippen LogP contribution in [0.25, 0.3) is 22.4 Å². The Morgan fingerprint density at radius 3 is 2.55 bits per heavy atom. The molecule has 0 saturated carbocycles. The Kier molecular flexibility index (Phi) is 6.62. The van der Waals surface area contributed by atoms with Gasteiger partial charge < -0.3 is 18.7 Å². The fraction of sp³-hybridized carbons (Fsp3) is 0.583. The molecule has 0 amide bonds. The normalized spacial score (nSPS) is 18.7. The summed E-state index contributed by atoms with van der Waals surface area (Å²) in [4.78, 5) is 9.76. The van der Waals surface area contributed by atoms with Gasteiger partial charge >= 0.3 is 0 Å². The maximum atomic E-state index is 5.69. The second-order valence-electron chi connectivity index (χ2n) is 8.73. The first-order valence-corrected chi connectivity index (χ1v) is 11.8. The van der Waals surface area contributed by atoms with Crippen LogP contribution in [0.3, 0.4) is 0 Å². The molecule has 2 saturated heterocycles. The lowest BCUT2D eigenvalue weighted by Crippen LogP contribution is -2.36. The van der Waals surface area contributed by atoms with Gasteiger partial charge in [-0.15, -0.1) is 0 Å². The Balaban J connectivity index is 1.26. The monoisotopic (exact) mass is 423 g/mol. The van der Waals surface area contributed by atoms with E-state index < -0.39 is 0 Å². The van der Waals surface area contributed by atoms with E-state index in [0.29, 0.717) is 5.89 Å². The highest BCUT2D eigenvalue weighted by atomic mass is 16.5. The Hall–Kier alpha value is -2.22. The van der Waals surface area contributed by atoms with E-state index in [9.17, 15) is 0 Å². The van der Waals surface area contributed by atoms with Crippen molar-refractivity contribution in [3.05, 3.63) is 36.3 Å². The summed E-state index contributed by atoms with van der Waals surface area (Å²) in [5.41, 5.74) is 2.28. The SMILES string of the molecule is c1ccc2c(c1)c(-c1nc(CCCN3CCOCC3)no1)cn2CCN1CCCCC1. The van der Waals surface area contributed by atoms with E-state index in [2.05, 4.69) is 50.0 Å². The molecule has 4 heterocycles. The van der Waals surface area contributed by atoms with Gasteiger partial charge in [0, 0.05) is 49.7 Å². The average molecular weight is 424 g/mol. The van der Waals surface area contributed by atoms with E-state index in [1.54, 1.807) is 0 Å². The van der Waals surface area contributed by atoms with Gasteiger partial charge in [-0.2, -0.15) is 4.98 Å². The van der Waals surface area contributed by atoms with Crippen LogP contribution in [0.1, 0.15) is 31.5 Å². The predicted molar refractivity (Wildman–Crippen MR) is 121 cm³/mol. The lowest BCUT2D eigenvalue weighted by molar-refractivity contribution is 0.0374. The molecule has 0 aliphatic carbocycles. The van der Waals surface area contributed by atoms with Gasteiger partial charge in [-0.25, -0.2) is 0 Å². The third kappa shape index (κ3) is 5.00. The minimum absolute atomic E-state index is 0.634. The number of benzene rings is 1. The highest BCUT2D eigenvalue weighted by Gasteiger charge is 2.17. The van der Waals surface area contributed by atoms with Crippen LogP contribution >= 0.6 is 0 Å². The highest BCUT2D eigenvalue weighted by molar-refractivity contribution is 5.94. The molecule has 31 heavy (non-hydrogen) atoms. The topological polar surface area (TPSA) is 59.6 Å². The predicted octanol–water partition coefficient (Wildman–Crippen LogP) is 3.44. The van der Waals surface area contributed by atoms with Crippen molar-refractivity contribution in [2.45, 2.75) is 38.6 Å². The molecule has 2 aliphatic heterocycles. The number of aryl methyl sites for hydroxylation is 1. The van der Waals surface area contributed by atoms with Gasteiger partial charge in [-0.3, -0.25) is 4.90 Å². The molecule has 2 fully saturated rings. The van der Waals surface area contributed by atoms with Crippen molar-refractivity contribution in [1.29, 1.82) is 0 Å². The van der Waals surface area contributed by atoms with Crippen molar-refractivity contribution in [2.75, 3.05) is 52.5 Å². The molecule has 2 aromatic heterocycles. The number of ether oxygens (including phenoxy) is 1. The quantitative estimate of drug-likeness (QED) is 0.553. The Bertz CT molecular complexity index is 969. The first kappa shape index (κ1) is 20.7. The number of rotatable bonds is 8. The summed E-state index contributed by atoms with van der Waals surface area (Å²) >= 11 is 0. The molecular weight excluding hydrogens is 390 g/mol. The number of aromatic nitrogens is 3. The van der Waals surface area contributed by atoms with Crippen molar-refractivity contribution in [2.24, 2.45) is 0 Å². The molecule has 0 spiro atoms. The summed E-state index contributed by atoms with van der Waals surface area (Å²) in [6.45, 7) is 9.32. The number of likely N-dealkylation sites (tertiary alicyclic amines) is 1. The second kappa shape index (κ2) is 9.94. The Morgan fingerprint density at radius 2 is 1.68 bits per heavy atom. The van der Waals surface area contributed by atoms with E-state index >= 15 is 0 Å². The van der Waals surface area contributed by atoms with E-state index in [4.69, 9.17) is 14.2 Å². The summed E-state index contributed by atoms with van der Waals surface area (Å²) in [6.07, 6.45) is 8.10. The average Bonchev–Trinajstić information content (AvgIpc) is 3.44. The van der Waals surface area contributed by atoms with Crippen LogP contribution in [-0.4, -0.2) is 77.0 Å². The van der Waals surface area contributed by atoms with E-state index in [1.807, 2.05) is 0 Å². The molecule has 0 atom stereocenters. The van der Waals surface area contributed by atoms with E-state index in [-0.39, 0.29) is 0 Å². The summed E-state index contributed by atoms with van der Waals surface area (Å²) < 4.78 is 13.5. The first-order chi connectivity index (χ1) is 15.4. The second-order valence-corrected chi connectivity index (χ2v) is 8.73. The molecule has 7 heteroatoms. The molecular formula is C24H33N5O2. The van der Waals surface area contributed by atoms with Gasteiger partial charge in [-0.1, -0.05) is 29.8 Å². The third-order valence-electron chi connectivity index (χ3n) is 6.57. The minimum Gasteiger partial charge on any atom is -0.379 e. The van der Waals surface area contributed by atoms with Crippen LogP contribution in [0.5, 0.6) is 0 Å². The molecule has 0 unspecified atom stereocenters. The van der Waals surface area contributed by atoms with Crippen molar-refractivity contribution < 1.29 is 9.26 Å². The molecule has 3 aromatic rings. The lowest BCUT2D eigenvalue weighted by Gasteiger charge is -2.26. The zero-order valence-electron chi connectivity index (χ0n) is 18.3. The minimum atomic E-state index is 0.634. The maximum Gasteiger partial charge on any atom is 0.260 e. The summed E-state index contributed by atoms with van der Waals surface area (Å²) in [5, 5.41) is 5.45. The number of morpholine rings is 1. The molecule has 2 aliphatic rings. The first-order valence-electron chi connectivity index (χ1n) is 11.8. The van der Waals surface area contributed by atoms with Crippen molar-refractivity contribution >= 4 is 10.9 Å². The zero-order valence-corrected chi connectivity index (χ0v) is 18.3. The van der Waals surface area contributed by atoms with Gasteiger partial charge in [0.2, 0.25) is 0 Å². The molecule has 166 valence electrons. The smallest absolute Gasteiger partial charge is 0.260 e. The van der Waals surface area contributed by atoms with Gasteiger partial charge in [0.1, 0.15) is 0 Å². The van der Waals surface area contributed by atoms with Crippen molar-refractivity contribution in [3.8, 4) is 11.5 Å². The van der Waals surface area contributed by atoms with Crippen LogP contribution in [0.15, 0.2) is 35.0 Å². The van der Waals surface area contributed by atoms with Crippen LogP contribution < -0.4 is 0 Å². The van der Waals surface area contributed by atoms with Crippen molar-refractivity contribution in [3.63, 3.8) is 0 Å². The summed E-state index contributed by atoms with van der Waals surface area (Å²) in [6, 6.07) is 8.54. The van der Waals surface area contributed by atoms with Crippen LogP contribution in [0.2, 0.25) is 0 Å². The van der Waals surface area contributed by atoms with Crippen LogP contribution in [0.4, 0.5) is 0 Å². The van der Waals surface area contributed by atoms with Gasteiger partial charge in [0.05, 0.1) is 18.8 Å². The number of piperidine rings is 1. The van der Waals surface area contributed by atoms with Crippen LogP contribution in [-0.2, 0) is 17.7 Å². The molecule has 0 bridgehead atoms. The number of nitrogens with zero attached hydrogens (tertiary/aromatic N) is 5. The Labute approximate surface area is 184 Å². The third-order valence-corrected chi connectivity index (χ3v) is 6.57. The van der Waals surface area contributed by atoms with Gasteiger partial charge in [0.25, 0.3) is 5.89 Å². The lowest BCUT2D eigenvalue weighted by atomic mass is 10.1. The van der Waals surface area contributed by atoms with E-state index in [0.717, 1.165) is 70.2 Å². The molecule has 7 nitrogen and oxygen atoms in total. The number of fused-ring (bicyclic) bond motifs is 1. The molecule has 1 aromatic carbocycles. The number of para-hydroxylation sites is 1. The molecule has 5 rings (SSSR count). The standard InChI is InChI=1S/C24H33N5O2/c1-4-10-27(11-5-1)13-14-29-19-21(20-7-2-3-8-22(20)29)24-25-23(26-31-24)9-6-12-28-15-17-30-18-16-28/h2-3,7-8,19H,1,4-6,9-18H2. The van der Waals surface area contributed by atoms with E-state index in [1.165, 1.54) is 43.3 Å². The van der Waals surface area contributed by atoms with Crippen molar-refractivity contribution in [1.82, 2.24) is 24.5 Å². The molecule has 0 N–H and O–H groups in total. The zero-order chi connectivity index (χ0) is 20.9. The highest BCUT2D eigenvalue weighted by Crippen LogP contribution is 2.30. The largest absolute Gasteiger partial charge is 0.379 e.